The fourth-order valence-electron chi connectivity index (χ4n) is 4.84. The fraction of sp³-hybridized carbons (Fsp3) is 0.361. The van der Waals surface area contributed by atoms with Crippen molar-refractivity contribution in [2.45, 2.75) is 84.7 Å². The minimum absolute atomic E-state index is 0.0249. The summed E-state index contributed by atoms with van der Waals surface area (Å²) in [4.78, 5) is 38.9. The van der Waals surface area contributed by atoms with E-state index in [1.165, 1.54) is 16.3 Å². The Morgan fingerprint density at radius 3 is 2.20 bits per heavy atom. The molecule has 232 valence electrons. The number of hydrogen-bond donors (Lipinski definition) is 3. The smallest absolute Gasteiger partial charge is 0.273 e. The number of aromatic nitrogens is 2. The van der Waals surface area contributed by atoms with Crippen LogP contribution in [0.25, 0.3) is 5.69 Å². The summed E-state index contributed by atoms with van der Waals surface area (Å²) in [6, 6.07) is 23.4. The van der Waals surface area contributed by atoms with Gasteiger partial charge in [0, 0.05) is 22.9 Å². The third-order valence-electron chi connectivity index (χ3n) is 8.57. The lowest BCUT2D eigenvalue weighted by Gasteiger charge is -2.31. The quantitative estimate of drug-likeness (QED) is 0.157. The van der Waals surface area contributed by atoms with Crippen LogP contribution in [-0.2, 0) is 15.6 Å². The Bertz CT molecular complexity index is 1670. The Kier molecular flexibility index (Phi) is 9.82. The summed E-state index contributed by atoms with van der Waals surface area (Å²) in [5.74, 6) is 0.246. The average Bonchev–Trinajstić information content (AvgIpc) is 3.39. The summed E-state index contributed by atoms with van der Waals surface area (Å²) in [6.07, 6.45) is 1.66. The summed E-state index contributed by atoms with van der Waals surface area (Å²) < 4.78 is 7.75. The van der Waals surface area contributed by atoms with Gasteiger partial charge in [-0.05, 0) is 72.1 Å². The number of anilines is 2. The molecule has 4 rings (SSSR count). The first-order valence-electron chi connectivity index (χ1n) is 15.3. The fourth-order valence-corrected chi connectivity index (χ4v) is 4.84. The molecule has 3 aromatic carbocycles. The Balaban J connectivity index is 1.49. The summed E-state index contributed by atoms with van der Waals surface area (Å²) >= 11 is 0. The van der Waals surface area contributed by atoms with Gasteiger partial charge in [-0.2, -0.15) is 0 Å². The van der Waals surface area contributed by atoms with Crippen LogP contribution in [0.5, 0.6) is 5.75 Å². The first-order chi connectivity index (χ1) is 20.9. The number of nitrogens with one attached hydrogen (secondary N) is 3. The number of nitrogens with zero attached hydrogens (tertiary/aromatic N) is 1. The molecule has 0 radical (unpaired) electrons. The van der Waals surface area contributed by atoms with E-state index in [4.69, 9.17) is 4.74 Å². The maximum Gasteiger partial charge on any atom is 0.273 e. The molecule has 0 aliphatic carbocycles. The number of ether oxygens (including phenoxy) is 1. The first kappa shape index (κ1) is 32.3. The molecule has 2 amide bonds. The molecule has 1 heterocycles. The van der Waals surface area contributed by atoms with Crippen LogP contribution < -0.4 is 20.9 Å². The molecule has 0 bridgehead atoms. The molecule has 0 saturated carbocycles. The van der Waals surface area contributed by atoms with E-state index in [-0.39, 0.29) is 28.1 Å². The van der Waals surface area contributed by atoms with Gasteiger partial charge in [0.2, 0.25) is 0 Å². The van der Waals surface area contributed by atoms with Crippen molar-refractivity contribution in [2.75, 3.05) is 10.6 Å². The number of amides is 2. The highest BCUT2D eigenvalue weighted by atomic mass is 16.5. The Labute approximate surface area is 259 Å². The zero-order valence-electron chi connectivity index (χ0n) is 26.8. The van der Waals surface area contributed by atoms with Crippen LogP contribution in [-0.4, -0.2) is 27.7 Å². The number of carbonyl (C=O) groups is 2. The maximum atomic E-state index is 13.4. The molecule has 8 heteroatoms. The van der Waals surface area contributed by atoms with Crippen molar-refractivity contribution in [3.8, 4) is 11.4 Å². The lowest BCUT2D eigenvalue weighted by molar-refractivity contribution is -0.122. The molecule has 0 saturated heterocycles. The van der Waals surface area contributed by atoms with Crippen molar-refractivity contribution in [3.63, 3.8) is 0 Å². The second kappa shape index (κ2) is 13.4. The largest absolute Gasteiger partial charge is 0.480 e. The van der Waals surface area contributed by atoms with Crippen molar-refractivity contribution in [1.82, 2.24) is 9.78 Å². The predicted molar refractivity (Wildman–Crippen MR) is 177 cm³/mol. The normalized spacial score (nSPS) is 12.4. The van der Waals surface area contributed by atoms with Crippen LogP contribution in [0.1, 0.15) is 89.2 Å². The van der Waals surface area contributed by atoms with Crippen molar-refractivity contribution in [1.29, 1.82) is 0 Å². The third-order valence-corrected chi connectivity index (χ3v) is 8.57. The topological polar surface area (TPSA) is 105 Å². The van der Waals surface area contributed by atoms with Gasteiger partial charge in [-0.3, -0.25) is 19.5 Å². The van der Waals surface area contributed by atoms with Gasteiger partial charge in [-0.25, -0.2) is 4.68 Å². The minimum Gasteiger partial charge on any atom is -0.480 e. The molecule has 8 nitrogen and oxygen atoms in total. The van der Waals surface area contributed by atoms with Gasteiger partial charge in [0.25, 0.3) is 17.4 Å². The molecular formula is C36H44N4O4. The van der Waals surface area contributed by atoms with E-state index in [0.29, 0.717) is 29.1 Å². The molecule has 1 aromatic heterocycles. The molecule has 1 atom stereocenters. The lowest BCUT2D eigenvalue weighted by Crippen LogP contribution is -2.33. The van der Waals surface area contributed by atoms with Crippen molar-refractivity contribution < 1.29 is 14.3 Å². The average molecular weight is 597 g/mol. The summed E-state index contributed by atoms with van der Waals surface area (Å²) in [6.45, 7) is 15.1. The molecule has 0 aliphatic rings. The van der Waals surface area contributed by atoms with E-state index in [2.05, 4.69) is 69.4 Å². The summed E-state index contributed by atoms with van der Waals surface area (Å²) in [5.41, 5.74) is 3.37. The van der Waals surface area contributed by atoms with Crippen LogP contribution in [0.15, 0.2) is 83.7 Å². The number of carbonyl (C=O) groups excluding carboxylic acids is 2. The highest BCUT2D eigenvalue weighted by Gasteiger charge is 2.29. The van der Waals surface area contributed by atoms with Crippen molar-refractivity contribution in [3.05, 3.63) is 106 Å². The zero-order valence-corrected chi connectivity index (χ0v) is 26.8. The highest BCUT2D eigenvalue weighted by Crippen LogP contribution is 2.39. The van der Waals surface area contributed by atoms with Gasteiger partial charge in [-0.15, -0.1) is 0 Å². The van der Waals surface area contributed by atoms with Crippen molar-refractivity contribution >= 4 is 23.3 Å². The van der Waals surface area contributed by atoms with Crippen LogP contribution in [0.4, 0.5) is 11.5 Å². The number of aromatic amines is 1. The second-order valence-corrected chi connectivity index (χ2v) is 12.4. The van der Waals surface area contributed by atoms with Gasteiger partial charge in [0.05, 0.1) is 5.69 Å². The highest BCUT2D eigenvalue weighted by molar-refractivity contribution is 6.05. The Morgan fingerprint density at radius 1 is 0.841 bits per heavy atom. The molecule has 1 unspecified atom stereocenters. The molecular weight excluding hydrogens is 552 g/mol. The number of benzene rings is 3. The molecule has 4 aromatic rings. The SMILES string of the molecule is CCC(Oc1ccc(C(C)(C)CC)cc1C(C)(C)CC)C(=O)Nc1cccc(C(=O)Nc2cc(=O)n(-c3ccccc3)[nH]2)c1. The van der Waals surface area contributed by atoms with E-state index >= 15 is 0 Å². The third kappa shape index (κ3) is 7.30. The standard InChI is InChI=1S/C36H44N4O4/c1-8-29(44-30-20-19-25(35(4,5)9-2)22-28(30)36(6,7)10-3)34(43)37-26-16-14-15-24(21-26)33(42)38-31-23-32(41)40(39-31)27-17-12-11-13-18-27/h11-23,29,39H,8-10H2,1-7H3,(H,37,43)(H,38,42). The summed E-state index contributed by atoms with van der Waals surface area (Å²) in [7, 11) is 0. The van der Waals surface area contributed by atoms with Gasteiger partial charge >= 0.3 is 0 Å². The van der Waals surface area contributed by atoms with Gasteiger partial charge in [0.15, 0.2) is 6.10 Å². The first-order valence-corrected chi connectivity index (χ1v) is 15.3. The Hall–Kier alpha value is -4.59. The van der Waals surface area contributed by atoms with Crippen LogP contribution >= 0.6 is 0 Å². The maximum absolute atomic E-state index is 13.4. The van der Waals surface area contributed by atoms with E-state index in [1.54, 1.807) is 36.4 Å². The van der Waals surface area contributed by atoms with Crippen LogP contribution in [0, 0.1) is 0 Å². The minimum atomic E-state index is -0.730. The number of rotatable bonds is 12. The van der Waals surface area contributed by atoms with Gasteiger partial charge in [0.1, 0.15) is 11.6 Å². The second-order valence-electron chi connectivity index (χ2n) is 12.4. The molecule has 0 fully saturated rings. The summed E-state index contributed by atoms with van der Waals surface area (Å²) in [5, 5.41) is 8.56. The van der Waals surface area contributed by atoms with Crippen LogP contribution in [0.2, 0.25) is 0 Å². The number of hydrogen-bond acceptors (Lipinski definition) is 4. The molecule has 3 N–H and O–H groups in total. The zero-order chi connectivity index (χ0) is 32.1. The van der Waals surface area contributed by atoms with E-state index in [9.17, 15) is 14.4 Å². The van der Waals surface area contributed by atoms with E-state index < -0.39 is 12.0 Å². The lowest BCUT2D eigenvalue weighted by atomic mass is 9.76. The number of para-hydroxylation sites is 1. The van der Waals surface area contributed by atoms with E-state index in [0.717, 1.165) is 18.4 Å². The van der Waals surface area contributed by atoms with Crippen molar-refractivity contribution in [2.24, 2.45) is 0 Å². The van der Waals surface area contributed by atoms with Gasteiger partial charge < -0.3 is 15.4 Å². The molecule has 44 heavy (non-hydrogen) atoms. The monoisotopic (exact) mass is 596 g/mol. The number of H-pyrrole nitrogens is 1. The van der Waals surface area contributed by atoms with Gasteiger partial charge in [-0.1, -0.05) is 84.9 Å². The molecule has 0 spiro atoms. The van der Waals surface area contributed by atoms with E-state index in [1.807, 2.05) is 31.2 Å². The molecule has 0 aliphatic heterocycles. The Morgan fingerprint density at radius 2 is 1.55 bits per heavy atom. The van der Waals surface area contributed by atoms with Crippen LogP contribution in [0.3, 0.4) is 0 Å². The predicted octanol–water partition coefficient (Wildman–Crippen LogP) is 7.59.